The zero-order valence-corrected chi connectivity index (χ0v) is 15.5. The molecule has 4 heteroatoms. The summed E-state index contributed by atoms with van der Waals surface area (Å²) in [6.45, 7) is 8.18. The Balaban J connectivity index is 1.56. The first-order valence-corrected chi connectivity index (χ1v) is 9.56. The molecular weight excluding hydrogens is 312 g/mol. The molecule has 2 heterocycles. The monoisotopic (exact) mass is 342 g/mol. The summed E-state index contributed by atoms with van der Waals surface area (Å²) in [7, 11) is 0. The predicted molar refractivity (Wildman–Crippen MR) is 101 cm³/mol. The average molecular weight is 342 g/mol. The fourth-order valence-electron chi connectivity index (χ4n) is 3.67. The molecule has 0 aromatic heterocycles. The largest absolute Gasteiger partial charge is 0.483 e. The van der Waals surface area contributed by atoms with Crippen LogP contribution in [0, 0.1) is 5.92 Å². The number of piperidine rings is 1. The molecule has 0 bridgehead atoms. The zero-order chi connectivity index (χ0) is 17.6. The van der Waals surface area contributed by atoms with Crippen LogP contribution in [0.3, 0.4) is 0 Å². The molecule has 1 saturated heterocycles. The van der Waals surface area contributed by atoms with Gasteiger partial charge in [0.1, 0.15) is 5.75 Å². The summed E-state index contributed by atoms with van der Waals surface area (Å²) in [6.07, 6.45) is 7.83. The van der Waals surface area contributed by atoms with Gasteiger partial charge in [0.2, 0.25) is 0 Å². The summed E-state index contributed by atoms with van der Waals surface area (Å²) in [5.41, 5.74) is 1.16. The second kappa shape index (κ2) is 8.52. The summed E-state index contributed by atoms with van der Waals surface area (Å²) in [5, 5.41) is 0. The van der Waals surface area contributed by atoms with Gasteiger partial charge in [-0.1, -0.05) is 44.2 Å². The molecule has 2 aliphatic rings. The Morgan fingerprint density at radius 1 is 1.24 bits per heavy atom. The molecule has 2 aliphatic heterocycles. The predicted octanol–water partition coefficient (Wildman–Crippen LogP) is 3.47. The van der Waals surface area contributed by atoms with Crippen molar-refractivity contribution < 1.29 is 9.53 Å². The Hall–Kier alpha value is -1.81. The van der Waals surface area contributed by atoms with Gasteiger partial charge in [-0.2, -0.15) is 0 Å². The summed E-state index contributed by atoms with van der Waals surface area (Å²) >= 11 is 0. The van der Waals surface area contributed by atoms with Crippen LogP contribution in [0.4, 0.5) is 0 Å². The molecule has 1 aromatic rings. The van der Waals surface area contributed by atoms with Gasteiger partial charge in [0, 0.05) is 37.8 Å². The van der Waals surface area contributed by atoms with E-state index in [1.165, 1.54) is 0 Å². The van der Waals surface area contributed by atoms with Crippen LogP contribution in [0.25, 0.3) is 0 Å². The topological polar surface area (TPSA) is 32.8 Å². The highest BCUT2D eigenvalue weighted by molar-refractivity contribution is 5.77. The average Bonchev–Trinajstić information content (AvgIpc) is 3.08. The molecule has 0 spiro atoms. The zero-order valence-electron chi connectivity index (χ0n) is 15.5. The lowest BCUT2D eigenvalue weighted by atomic mass is 9.99. The van der Waals surface area contributed by atoms with Gasteiger partial charge in [0.25, 0.3) is 5.91 Å². The third-order valence-corrected chi connectivity index (χ3v) is 5.42. The number of ether oxygens (including phenoxy) is 1. The molecule has 1 fully saturated rings. The van der Waals surface area contributed by atoms with Crippen molar-refractivity contribution in [3.8, 4) is 5.75 Å². The highest BCUT2D eigenvalue weighted by Gasteiger charge is 2.22. The summed E-state index contributed by atoms with van der Waals surface area (Å²) in [6, 6.07) is 8.61. The molecule has 0 saturated carbocycles. The lowest BCUT2D eigenvalue weighted by Crippen LogP contribution is -2.40. The van der Waals surface area contributed by atoms with Crippen LogP contribution in [-0.2, 0) is 11.3 Å². The van der Waals surface area contributed by atoms with E-state index in [-0.39, 0.29) is 12.5 Å². The molecule has 4 nitrogen and oxygen atoms in total. The Kier molecular flexibility index (Phi) is 6.14. The lowest BCUT2D eigenvalue weighted by molar-refractivity contribution is -0.134. The van der Waals surface area contributed by atoms with Crippen LogP contribution < -0.4 is 4.74 Å². The number of para-hydroxylation sites is 1. The molecule has 1 amide bonds. The maximum atomic E-state index is 12.4. The van der Waals surface area contributed by atoms with Crippen molar-refractivity contribution in [1.82, 2.24) is 9.80 Å². The van der Waals surface area contributed by atoms with Crippen molar-refractivity contribution in [2.45, 2.75) is 45.7 Å². The van der Waals surface area contributed by atoms with Crippen molar-refractivity contribution in [3.63, 3.8) is 0 Å². The van der Waals surface area contributed by atoms with Crippen LogP contribution in [0.15, 0.2) is 36.4 Å². The molecule has 25 heavy (non-hydrogen) atoms. The van der Waals surface area contributed by atoms with E-state index in [0.717, 1.165) is 62.7 Å². The number of rotatable bonds is 6. The maximum Gasteiger partial charge on any atom is 0.260 e. The number of amides is 1. The van der Waals surface area contributed by atoms with Crippen molar-refractivity contribution in [3.05, 3.63) is 42.0 Å². The first-order chi connectivity index (χ1) is 12.2. The van der Waals surface area contributed by atoms with Gasteiger partial charge in [-0.25, -0.2) is 0 Å². The van der Waals surface area contributed by atoms with Crippen molar-refractivity contribution in [1.29, 1.82) is 0 Å². The number of hydrogen-bond donors (Lipinski definition) is 0. The van der Waals surface area contributed by atoms with E-state index in [2.05, 4.69) is 37.0 Å². The number of likely N-dealkylation sites (tertiary alicyclic amines) is 1. The molecule has 0 radical (unpaired) electrons. The van der Waals surface area contributed by atoms with E-state index in [1.807, 2.05) is 23.1 Å². The van der Waals surface area contributed by atoms with E-state index in [4.69, 9.17) is 4.74 Å². The molecular formula is C21H30N2O2. The van der Waals surface area contributed by atoms with Gasteiger partial charge in [-0.15, -0.1) is 0 Å². The van der Waals surface area contributed by atoms with E-state index >= 15 is 0 Å². The minimum absolute atomic E-state index is 0.107. The Morgan fingerprint density at radius 2 is 2.00 bits per heavy atom. The summed E-state index contributed by atoms with van der Waals surface area (Å²) in [4.78, 5) is 16.8. The fraction of sp³-hybridized carbons (Fsp3) is 0.571. The molecule has 0 aliphatic carbocycles. The molecule has 3 rings (SSSR count). The molecule has 1 atom stereocenters. The smallest absolute Gasteiger partial charge is 0.260 e. The van der Waals surface area contributed by atoms with E-state index in [1.54, 1.807) is 0 Å². The minimum Gasteiger partial charge on any atom is -0.483 e. The molecule has 0 N–H and O–H groups in total. The normalized spacial score (nSPS) is 21.7. The second-order valence-electron chi connectivity index (χ2n) is 7.29. The fourth-order valence-corrected chi connectivity index (χ4v) is 3.67. The van der Waals surface area contributed by atoms with Gasteiger partial charge in [-0.3, -0.25) is 9.69 Å². The Bertz CT molecular complexity index is 606. The first-order valence-electron chi connectivity index (χ1n) is 9.56. The van der Waals surface area contributed by atoms with Crippen molar-refractivity contribution >= 4 is 5.91 Å². The van der Waals surface area contributed by atoms with Gasteiger partial charge in [-0.05, 0) is 31.2 Å². The molecule has 1 aromatic carbocycles. The number of hydrogen-bond acceptors (Lipinski definition) is 3. The number of carbonyl (C=O) groups is 1. The number of nitrogens with zero attached hydrogens (tertiary/aromatic N) is 2. The van der Waals surface area contributed by atoms with Crippen molar-refractivity contribution in [2.24, 2.45) is 5.92 Å². The van der Waals surface area contributed by atoms with Gasteiger partial charge in [0.05, 0.1) is 0 Å². The Labute approximate surface area is 151 Å². The van der Waals surface area contributed by atoms with E-state index in [0.29, 0.717) is 6.04 Å². The summed E-state index contributed by atoms with van der Waals surface area (Å²) in [5.74, 6) is 1.67. The maximum absolute atomic E-state index is 12.4. The number of benzene rings is 1. The van der Waals surface area contributed by atoms with Crippen LogP contribution in [0.2, 0.25) is 0 Å². The van der Waals surface area contributed by atoms with Gasteiger partial charge < -0.3 is 9.64 Å². The van der Waals surface area contributed by atoms with E-state index in [9.17, 15) is 4.79 Å². The third kappa shape index (κ3) is 4.63. The summed E-state index contributed by atoms with van der Waals surface area (Å²) < 4.78 is 5.92. The van der Waals surface area contributed by atoms with E-state index < -0.39 is 0 Å². The Morgan fingerprint density at radius 3 is 2.76 bits per heavy atom. The molecule has 136 valence electrons. The van der Waals surface area contributed by atoms with Crippen molar-refractivity contribution in [2.75, 3.05) is 26.2 Å². The van der Waals surface area contributed by atoms with Crippen LogP contribution in [-0.4, -0.2) is 48.0 Å². The van der Waals surface area contributed by atoms with Gasteiger partial charge in [0.15, 0.2) is 6.61 Å². The van der Waals surface area contributed by atoms with Crippen LogP contribution in [0.1, 0.15) is 38.7 Å². The second-order valence-corrected chi connectivity index (χ2v) is 7.29. The third-order valence-electron chi connectivity index (χ3n) is 5.42. The van der Waals surface area contributed by atoms with Crippen LogP contribution in [0.5, 0.6) is 5.75 Å². The quantitative estimate of drug-likeness (QED) is 0.742. The molecule has 1 unspecified atom stereocenters. The lowest BCUT2D eigenvalue weighted by Gasteiger charge is -2.30. The van der Waals surface area contributed by atoms with Crippen LogP contribution >= 0.6 is 0 Å². The first kappa shape index (κ1) is 18.0. The highest BCUT2D eigenvalue weighted by atomic mass is 16.5. The van der Waals surface area contributed by atoms with Gasteiger partial charge >= 0.3 is 0 Å². The standard InChI is InChI=1S/C21H30N2O2/c1-3-19-8-6-12-23(19)15-18-7-4-5-9-20(18)25-16-21(24)22-13-10-17(2)11-14-22/h4-9,17,19H,3,10-16H2,1-2H3. The highest BCUT2D eigenvalue weighted by Crippen LogP contribution is 2.24. The minimum atomic E-state index is 0.107. The SMILES string of the molecule is CCC1C=CCN1Cc1ccccc1OCC(=O)N1CCC(C)CC1. The number of carbonyl (C=O) groups excluding carboxylic acids is 1.